The number of hydrogen-bond acceptors (Lipinski definition) is 4. The van der Waals surface area contributed by atoms with Crippen LogP contribution in [0.25, 0.3) is 0 Å². The molecule has 2 aliphatic rings. The lowest BCUT2D eigenvalue weighted by Crippen LogP contribution is -2.23. The third kappa shape index (κ3) is 6.26. The number of aryl methyl sites for hydroxylation is 2. The van der Waals surface area contributed by atoms with Gasteiger partial charge in [-0.1, -0.05) is 58.7 Å². The van der Waals surface area contributed by atoms with Crippen LogP contribution in [-0.2, 0) is 19.3 Å². The zero-order chi connectivity index (χ0) is 27.1. The van der Waals surface area contributed by atoms with Crippen molar-refractivity contribution in [1.29, 1.82) is 0 Å². The van der Waals surface area contributed by atoms with Gasteiger partial charge in [0.05, 0.1) is 11.2 Å². The van der Waals surface area contributed by atoms with Crippen LogP contribution >= 0.6 is 0 Å². The van der Waals surface area contributed by atoms with E-state index in [-0.39, 0.29) is 11.5 Å². The van der Waals surface area contributed by atoms with Gasteiger partial charge in [0.15, 0.2) is 0 Å². The maximum absolute atomic E-state index is 11.3. The van der Waals surface area contributed by atoms with E-state index in [9.17, 15) is 20.4 Å². The lowest BCUT2D eigenvalue weighted by molar-refractivity contribution is 0.112. The molecule has 0 fully saturated rings. The van der Waals surface area contributed by atoms with Crippen molar-refractivity contribution < 1.29 is 20.4 Å². The molecule has 4 heteroatoms. The van der Waals surface area contributed by atoms with Crippen LogP contribution in [0.15, 0.2) is 70.9 Å². The first-order valence-corrected chi connectivity index (χ1v) is 13.1. The predicted octanol–water partition coefficient (Wildman–Crippen LogP) is 6.45. The molecular formula is C33H40O4. The summed E-state index contributed by atoms with van der Waals surface area (Å²) in [5.41, 5.74) is 7.75. The second-order valence-electron chi connectivity index (χ2n) is 11.6. The monoisotopic (exact) mass is 500 g/mol. The van der Waals surface area contributed by atoms with Crippen LogP contribution in [0.1, 0.15) is 73.9 Å². The van der Waals surface area contributed by atoms with E-state index >= 15 is 0 Å². The van der Waals surface area contributed by atoms with E-state index < -0.39 is 11.2 Å². The number of allylic oxidation sites excluding steroid dienone is 4. The van der Waals surface area contributed by atoms with Crippen molar-refractivity contribution in [2.45, 2.75) is 84.8 Å². The quantitative estimate of drug-likeness (QED) is 0.368. The standard InChI is InChI=1S/C33H40O4/c1-20-11-24(30(34)26(13-20)16-28-18-32(5,36)9-7-22(28)3)15-25-12-21(2)14-27(31(25)35)17-29-19-33(6,37)10-8-23(29)4/h7-8,11-14,18-19,34-37H,9-10,15-17H2,1-6H3. The molecule has 0 saturated heterocycles. The molecule has 0 amide bonds. The van der Waals surface area contributed by atoms with Gasteiger partial charge in [-0.05, 0) is 99.9 Å². The van der Waals surface area contributed by atoms with Gasteiger partial charge >= 0.3 is 0 Å². The van der Waals surface area contributed by atoms with Crippen molar-refractivity contribution in [3.8, 4) is 11.5 Å². The average Bonchev–Trinajstić information content (AvgIpc) is 2.79. The first kappa shape index (κ1) is 27.0. The molecule has 37 heavy (non-hydrogen) atoms. The Morgan fingerprint density at radius 1 is 0.595 bits per heavy atom. The van der Waals surface area contributed by atoms with E-state index in [2.05, 4.69) is 0 Å². The van der Waals surface area contributed by atoms with Crippen LogP contribution in [0.3, 0.4) is 0 Å². The molecule has 2 aliphatic carbocycles. The lowest BCUT2D eigenvalue weighted by Gasteiger charge is -2.26. The van der Waals surface area contributed by atoms with Gasteiger partial charge in [0.2, 0.25) is 0 Å². The van der Waals surface area contributed by atoms with Gasteiger partial charge in [-0.15, -0.1) is 0 Å². The van der Waals surface area contributed by atoms with E-state index in [4.69, 9.17) is 0 Å². The van der Waals surface area contributed by atoms with Crippen molar-refractivity contribution in [2.24, 2.45) is 0 Å². The number of hydrogen-bond donors (Lipinski definition) is 4. The van der Waals surface area contributed by atoms with Crippen LogP contribution < -0.4 is 0 Å². The van der Waals surface area contributed by atoms with Gasteiger partial charge < -0.3 is 20.4 Å². The molecule has 2 atom stereocenters. The summed E-state index contributed by atoms with van der Waals surface area (Å²) in [5, 5.41) is 43.6. The highest BCUT2D eigenvalue weighted by Gasteiger charge is 2.24. The third-order valence-electron chi connectivity index (χ3n) is 7.59. The maximum atomic E-state index is 11.3. The Morgan fingerprint density at radius 3 is 1.27 bits per heavy atom. The molecule has 0 spiro atoms. The molecule has 0 radical (unpaired) electrons. The largest absolute Gasteiger partial charge is 0.507 e. The highest BCUT2D eigenvalue weighted by molar-refractivity contribution is 5.54. The molecule has 0 bridgehead atoms. The third-order valence-corrected chi connectivity index (χ3v) is 7.59. The summed E-state index contributed by atoms with van der Waals surface area (Å²) in [4.78, 5) is 0. The first-order chi connectivity index (χ1) is 17.2. The first-order valence-electron chi connectivity index (χ1n) is 13.1. The minimum atomic E-state index is -0.879. The summed E-state index contributed by atoms with van der Waals surface area (Å²) in [6, 6.07) is 7.94. The Balaban J connectivity index is 1.66. The molecule has 2 unspecified atom stereocenters. The Hall–Kier alpha value is -3.08. The van der Waals surface area contributed by atoms with Crippen molar-refractivity contribution in [3.05, 3.63) is 104 Å². The fourth-order valence-corrected chi connectivity index (χ4v) is 5.48. The molecular weight excluding hydrogens is 460 g/mol. The molecule has 0 aliphatic heterocycles. The number of phenols is 2. The molecule has 4 nitrogen and oxygen atoms in total. The fraction of sp³-hybridized carbons (Fsp3) is 0.394. The van der Waals surface area contributed by atoms with E-state index in [1.807, 2.05) is 76.3 Å². The normalized spacial score (nSPS) is 23.8. The minimum absolute atomic E-state index is 0.233. The number of aliphatic hydroxyl groups is 2. The molecule has 0 saturated carbocycles. The number of rotatable bonds is 6. The van der Waals surface area contributed by atoms with Gasteiger partial charge in [0.25, 0.3) is 0 Å². The Morgan fingerprint density at radius 2 is 0.919 bits per heavy atom. The summed E-state index contributed by atoms with van der Waals surface area (Å²) in [6.45, 7) is 11.7. The predicted molar refractivity (Wildman–Crippen MR) is 150 cm³/mol. The number of aromatic hydroxyl groups is 2. The molecule has 2 aromatic carbocycles. The zero-order valence-corrected chi connectivity index (χ0v) is 22.9. The summed E-state index contributed by atoms with van der Waals surface area (Å²) in [6.07, 6.45) is 10.5. The van der Waals surface area contributed by atoms with Gasteiger partial charge in [-0.25, -0.2) is 0 Å². The van der Waals surface area contributed by atoms with Gasteiger partial charge in [0, 0.05) is 19.3 Å². The van der Waals surface area contributed by atoms with Gasteiger partial charge in [-0.2, -0.15) is 0 Å². The Kier molecular flexibility index (Phi) is 7.29. The summed E-state index contributed by atoms with van der Waals surface area (Å²) < 4.78 is 0. The topological polar surface area (TPSA) is 80.9 Å². The van der Waals surface area contributed by atoms with Crippen molar-refractivity contribution in [1.82, 2.24) is 0 Å². The van der Waals surface area contributed by atoms with Crippen LogP contribution in [0.2, 0.25) is 0 Å². The Labute approximate surface area is 221 Å². The minimum Gasteiger partial charge on any atom is -0.507 e. The van der Waals surface area contributed by atoms with E-state index in [0.717, 1.165) is 55.7 Å². The fourth-order valence-electron chi connectivity index (χ4n) is 5.48. The van der Waals surface area contributed by atoms with Crippen molar-refractivity contribution >= 4 is 0 Å². The van der Waals surface area contributed by atoms with Crippen molar-refractivity contribution in [2.75, 3.05) is 0 Å². The maximum Gasteiger partial charge on any atom is 0.122 e. The average molecular weight is 501 g/mol. The molecule has 0 aromatic heterocycles. The molecule has 4 rings (SSSR count). The molecule has 196 valence electrons. The van der Waals surface area contributed by atoms with Gasteiger partial charge in [-0.3, -0.25) is 0 Å². The molecule has 0 heterocycles. The summed E-state index contributed by atoms with van der Waals surface area (Å²) in [5.74, 6) is 0.466. The highest BCUT2D eigenvalue weighted by atomic mass is 16.3. The van der Waals surface area contributed by atoms with E-state index in [1.54, 1.807) is 13.8 Å². The second-order valence-corrected chi connectivity index (χ2v) is 11.6. The number of phenolic OH excluding ortho intramolecular Hbond substituents is 2. The van der Waals surface area contributed by atoms with Crippen LogP contribution in [0.5, 0.6) is 11.5 Å². The Bertz CT molecular complexity index is 1250. The second kappa shape index (κ2) is 10.00. The van der Waals surface area contributed by atoms with Crippen LogP contribution in [-0.4, -0.2) is 31.6 Å². The van der Waals surface area contributed by atoms with E-state index in [0.29, 0.717) is 32.1 Å². The molecule has 4 N–H and O–H groups in total. The highest BCUT2D eigenvalue weighted by Crippen LogP contribution is 2.37. The summed E-state index contributed by atoms with van der Waals surface area (Å²) >= 11 is 0. The van der Waals surface area contributed by atoms with Crippen LogP contribution in [0.4, 0.5) is 0 Å². The number of benzene rings is 2. The molecule has 2 aromatic rings. The van der Waals surface area contributed by atoms with Crippen LogP contribution in [0, 0.1) is 13.8 Å². The smallest absolute Gasteiger partial charge is 0.122 e. The SMILES string of the molecule is CC1=CCC(C)(O)C=C1Cc1cc(C)cc(Cc2cc(C)cc(CC3=CC(C)(O)CC=C3C)c2O)c1O. The van der Waals surface area contributed by atoms with Gasteiger partial charge in [0.1, 0.15) is 11.5 Å². The lowest BCUT2D eigenvalue weighted by atomic mass is 9.84. The zero-order valence-electron chi connectivity index (χ0n) is 22.9. The van der Waals surface area contributed by atoms with Crippen molar-refractivity contribution in [3.63, 3.8) is 0 Å². The summed E-state index contributed by atoms with van der Waals surface area (Å²) in [7, 11) is 0. The van der Waals surface area contributed by atoms with E-state index in [1.165, 1.54) is 0 Å².